The van der Waals surface area contributed by atoms with Crippen LogP contribution < -0.4 is 11.1 Å². The van der Waals surface area contributed by atoms with Crippen LogP contribution in [0.3, 0.4) is 0 Å². The highest BCUT2D eigenvalue weighted by Gasteiger charge is 2.15. The molecule has 0 spiro atoms. The predicted octanol–water partition coefficient (Wildman–Crippen LogP) is 2.54. The standard InChI is InChI=1S/C11H19N3OS/c1-4-8(5-2)10(15)14-11-13-9(6-16-11)7(3)12/h6-8H,4-5,12H2,1-3H3,(H,13,14,15). The maximum absolute atomic E-state index is 11.8. The van der Waals surface area contributed by atoms with Crippen molar-refractivity contribution >= 4 is 22.4 Å². The number of aromatic nitrogens is 1. The molecule has 5 heteroatoms. The van der Waals surface area contributed by atoms with E-state index in [1.807, 2.05) is 26.2 Å². The predicted molar refractivity (Wildman–Crippen MR) is 67.4 cm³/mol. The van der Waals surface area contributed by atoms with Gasteiger partial charge in [-0.15, -0.1) is 11.3 Å². The van der Waals surface area contributed by atoms with Gasteiger partial charge in [-0.25, -0.2) is 4.98 Å². The molecule has 1 heterocycles. The molecule has 0 radical (unpaired) electrons. The molecule has 0 saturated heterocycles. The fourth-order valence-electron chi connectivity index (χ4n) is 1.42. The van der Waals surface area contributed by atoms with Gasteiger partial charge in [0.05, 0.1) is 5.69 Å². The summed E-state index contributed by atoms with van der Waals surface area (Å²) in [6.07, 6.45) is 1.71. The normalized spacial score (nSPS) is 12.8. The van der Waals surface area contributed by atoms with Crippen LogP contribution in [0.15, 0.2) is 5.38 Å². The molecule has 1 amide bonds. The van der Waals surface area contributed by atoms with Gasteiger partial charge in [0, 0.05) is 17.3 Å². The largest absolute Gasteiger partial charge is 0.323 e. The van der Waals surface area contributed by atoms with E-state index in [1.165, 1.54) is 11.3 Å². The fourth-order valence-corrected chi connectivity index (χ4v) is 2.24. The number of nitrogens with zero attached hydrogens (tertiary/aromatic N) is 1. The third-order valence-corrected chi connectivity index (χ3v) is 3.35. The zero-order valence-corrected chi connectivity index (χ0v) is 10.8. The average Bonchev–Trinajstić information content (AvgIpc) is 2.68. The Labute approximate surface area is 100 Å². The molecule has 1 aromatic heterocycles. The van der Waals surface area contributed by atoms with E-state index in [9.17, 15) is 4.79 Å². The highest BCUT2D eigenvalue weighted by atomic mass is 32.1. The van der Waals surface area contributed by atoms with Crippen molar-refractivity contribution in [3.63, 3.8) is 0 Å². The van der Waals surface area contributed by atoms with Crippen LogP contribution >= 0.6 is 11.3 Å². The highest BCUT2D eigenvalue weighted by Crippen LogP contribution is 2.20. The Kier molecular flexibility index (Phi) is 4.89. The van der Waals surface area contributed by atoms with Crippen LogP contribution in [0.5, 0.6) is 0 Å². The van der Waals surface area contributed by atoms with E-state index in [2.05, 4.69) is 10.3 Å². The minimum Gasteiger partial charge on any atom is -0.323 e. The van der Waals surface area contributed by atoms with Crippen molar-refractivity contribution in [2.45, 2.75) is 39.7 Å². The first kappa shape index (κ1) is 13.1. The second kappa shape index (κ2) is 5.96. The zero-order valence-electron chi connectivity index (χ0n) is 9.99. The van der Waals surface area contributed by atoms with E-state index in [0.29, 0.717) is 5.13 Å². The minimum absolute atomic E-state index is 0.0515. The Morgan fingerprint density at radius 3 is 2.62 bits per heavy atom. The Balaban J connectivity index is 2.62. The molecule has 1 rings (SSSR count). The molecule has 0 saturated carbocycles. The second-order valence-corrected chi connectivity index (χ2v) is 4.73. The quantitative estimate of drug-likeness (QED) is 0.832. The van der Waals surface area contributed by atoms with Crippen LogP contribution in [-0.4, -0.2) is 10.9 Å². The van der Waals surface area contributed by atoms with Gasteiger partial charge in [0.25, 0.3) is 0 Å². The van der Waals surface area contributed by atoms with Crippen LogP contribution in [0, 0.1) is 5.92 Å². The van der Waals surface area contributed by atoms with E-state index >= 15 is 0 Å². The summed E-state index contributed by atoms with van der Waals surface area (Å²) in [5.74, 6) is 0.123. The smallest absolute Gasteiger partial charge is 0.229 e. The van der Waals surface area contributed by atoms with Gasteiger partial charge in [-0.2, -0.15) is 0 Å². The molecule has 1 unspecified atom stereocenters. The van der Waals surface area contributed by atoms with Gasteiger partial charge in [0.1, 0.15) is 0 Å². The number of carbonyl (C=O) groups is 1. The van der Waals surface area contributed by atoms with Crippen molar-refractivity contribution in [3.05, 3.63) is 11.1 Å². The zero-order chi connectivity index (χ0) is 12.1. The number of rotatable bonds is 5. The molecule has 90 valence electrons. The lowest BCUT2D eigenvalue weighted by atomic mass is 10.0. The maximum Gasteiger partial charge on any atom is 0.229 e. The molecule has 3 N–H and O–H groups in total. The molecule has 4 nitrogen and oxygen atoms in total. The number of hydrogen-bond acceptors (Lipinski definition) is 4. The number of hydrogen-bond donors (Lipinski definition) is 2. The second-order valence-electron chi connectivity index (χ2n) is 3.87. The van der Waals surface area contributed by atoms with Crippen molar-refractivity contribution in [3.8, 4) is 0 Å². The summed E-state index contributed by atoms with van der Waals surface area (Å²) in [4.78, 5) is 16.0. The van der Waals surface area contributed by atoms with Crippen LogP contribution in [-0.2, 0) is 4.79 Å². The summed E-state index contributed by atoms with van der Waals surface area (Å²) >= 11 is 1.42. The van der Waals surface area contributed by atoms with Gasteiger partial charge in [-0.1, -0.05) is 13.8 Å². The number of nitrogens with one attached hydrogen (secondary N) is 1. The van der Waals surface area contributed by atoms with Crippen molar-refractivity contribution in [1.82, 2.24) is 4.98 Å². The SMILES string of the molecule is CCC(CC)C(=O)Nc1nc(C(C)N)cs1. The Hall–Kier alpha value is -0.940. The number of amides is 1. The first-order valence-corrected chi connectivity index (χ1v) is 6.48. The van der Waals surface area contributed by atoms with Gasteiger partial charge in [-0.05, 0) is 19.8 Å². The molecule has 0 aliphatic rings. The van der Waals surface area contributed by atoms with Crippen LogP contribution in [0.2, 0.25) is 0 Å². The van der Waals surface area contributed by atoms with E-state index in [0.717, 1.165) is 18.5 Å². The lowest BCUT2D eigenvalue weighted by Gasteiger charge is -2.10. The summed E-state index contributed by atoms with van der Waals surface area (Å²) in [5, 5.41) is 5.36. The summed E-state index contributed by atoms with van der Waals surface area (Å²) in [6.45, 7) is 5.91. The van der Waals surface area contributed by atoms with Gasteiger partial charge < -0.3 is 11.1 Å². The molecule has 0 aliphatic heterocycles. The number of carbonyl (C=O) groups excluding carboxylic acids is 1. The Bertz CT molecular complexity index is 345. The molecule has 0 aromatic carbocycles. The lowest BCUT2D eigenvalue weighted by Crippen LogP contribution is -2.21. The van der Waals surface area contributed by atoms with E-state index in [1.54, 1.807) is 0 Å². The first-order chi connectivity index (χ1) is 7.58. The monoisotopic (exact) mass is 241 g/mol. The third kappa shape index (κ3) is 3.28. The first-order valence-electron chi connectivity index (χ1n) is 5.60. The van der Waals surface area contributed by atoms with E-state index in [-0.39, 0.29) is 17.9 Å². The molecule has 0 aliphatic carbocycles. The summed E-state index contributed by atoms with van der Waals surface area (Å²) in [5.41, 5.74) is 6.53. The van der Waals surface area contributed by atoms with E-state index < -0.39 is 0 Å². The molecular formula is C11H19N3OS. The van der Waals surface area contributed by atoms with Crippen molar-refractivity contribution in [2.24, 2.45) is 11.7 Å². The molecular weight excluding hydrogens is 222 g/mol. The van der Waals surface area contributed by atoms with Crippen LogP contribution in [0.25, 0.3) is 0 Å². The average molecular weight is 241 g/mol. The number of nitrogens with two attached hydrogens (primary N) is 1. The van der Waals surface area contributed by atoms with Crippen LogP contribution in [0.4, 0.5) is 5.13 Å². The third-order valence-electron chi connectivity index (χ3n) is 2.57. The summed E-state index contributed by atoms with van der Waals surface area (Å²) < 4.78 is 0. The van der Waals surface area contributed by atoms with Gasteiger partial charge in [0.15, 0.2) is 5.13 Å². The van der Waals surface area contributed by atoms with Crippen molar-refractivity contribution < 1.29 is 4.79 Å². The maximum atomic E-state index is 11.8. The van der Waals surface area contributed by atoms with Gasteiger partial charge in [-0.3, -0.25) is 4.79 Å². The van der Waals surface area contributed by atoms with Crippen molar-refractivity contribution in [2.75, 3.05) is 5.32 Å². The molecule has 0 fully saturated rings. The number of thiazole rings is 1. The summed E-state index contributed by atoms with van der Waals surface area (Å²) in [7, 11) is 0. The molecule has 0 bridgehead atoms. The van der Waals surface area contributed by atoms with Gasteiger partial charge in [0.2, 0.25) is 5.91 Å². The lowest BCUT2D eigenvalue weighted by molar-refractivity contribution is -0.120. The van der Waals surface area contributed by atoms with Crippen LogP contribution in [0.1, 0.15) is 45.3 Å². The topological polar surface area (TPSA) is 68.0 Å². The van der Waals surface area contributed by atoms with E-state index in [4.69, 9.17) is 5.73 Å². The van der Waals surface area contributed by atoms with Gasteiger partial charge >= 0.3 is 0 Å². The Morgan fingerprint density at radius 1 is 1.56 bits per heavy atom. The molecule has 1 aromatic rings. The fraction of sp³-hybridized carbons (Fsp3) is 0.636. The molecule has 1 atom stereocenters. The summed E-state index contributed by atoms with van der Waals surface area (Å²) in [6, 6.07) is -0.0879. The number of anilines is 1. The molecule has 16 heavy (non-hydrogen) atoms. The van der Waals surface area contributed by atoms with Crippen molar-refractivity contribution in [1.29, 1.82) is 0 Å². The minimum atomic E-state index is -0.0879. The highest BCUT2D eigenvalue weighted by molar-refractivity contribution is 7.13. The Morgan fingerprint density at radius 2 is 2.19 bits per heavy atom.